The highest BCUT2D eigenvalue weighted by atomic mass is 32.1. The molecule has 16 heavy (non-hydrogen) atoms. The standard InChI is InChI=1S/C13H21NOS/c1-9(5-4-6-10(2)14)13(15)12-7-11(3)16-8-12/h7-10H,4-6,14H2,1-3H3. The number of Topliss-reactive ketones (excluding diaryl/α,β-unsaturated/α-hetero) is 1. The van der Waals surface area contributed by atoms with Crippen LogP contribution in [0.3, 0.4) is 0 Å². The van der Waals surface area contributed by atoms with Crippen LogP contribution in [0.25, 0.3) is 0 Å². The minimum atomic E-state index is 0.118. The van der Waals surface area contributed by atoms with E-state index in [1.54, 1.807) is 11.3 Å². The topological polar surface area (TPSA) is 43.1 Å². The number of ketones is 1. The first kappa shape index (κ1) is 13.4. The Morgan fingerprint density at radius 3 is 2.62 bits per heavy atom. The molecule has 0 saturated heterocycles. The summed E-state index contributed by atoms with van der Waals surface area (Å²) in [5.41, 5.74) is 6.56. The normalized spacial score (nSPS) is 14.8. The van der Waals surface area contributed by atoms with Gasteiger partial charge in [-0.2, -0.15) is 0 Å². The fraction of sp³-hybridized carbons (Fsp3) is 0.615. The summed E-state index contributed by atoms with van der Waals surface area (Å²) in [7, 11) is 0. The average molecular weight is 239 g/mol. The predicted octanol–water partition coefficient (Wildman–Crippen LogP) is 3.39. The molecule has 2 atom stereocenters. The molecular formula is C13H21NOS. The number of thiophene rings is 1. The van der Waals surface area contributed by atoms with Gasteiger partial charge in [0.25, 0.3) is 0 Å². The second kappa shape index (κ2) is 6.16. The van der Waals surface area contributed by atoms with Gasteiger partial charge in [0.05, 0.1) is 0 Å². The van der Waals surface area contributed by atoms with Crippen LogP contribution in [0.2, 0.25) is 0 Å². The fourth-order valence-electron chi connectivity index (χ4n) is 1.73. The lowest BCUT2D eigenvalue weighted by atomic mass is 9.95. The van der Waals surface area contributed by atoms with Crippen molar-refractivity contribution in [3.05, 3.63) is 21.9 Å². The van der Waals surface area contributed by atoms with Crippen molar-refractivity contribution < 1.29 is 4.79 Å². The molecule has 0 aliphatic heterocycles. The molecule has 0 amide bonds. The molecule has 0 aromatic carbocycles. The number of hydrogen-bond acceptors (Lipinski definition) is 3. The number of aryl methyl sites for hydroxylation is 1. The second-order valence-electron chi connectivity index (χ2n) is 4.62. The highest BCUT2D eigenvalue weighted by Gasteiger charge is 2.15. The van der Waals surface area contributed by atoms with Gasteiger partial charge in [-0.15, -0.1) is 11.3 Å². The van der Waals surface area contributed by atoms with Crippen molar-refractivity contribution in [1.82, 2.24) is 0 Å². The molecule has 90 valence electrons. The van der Waals surface area contributed by atoms with Gasteiger partial charge in [0.15, 0.2) is 5.78 Å². The smallest absolute Gasteiger partial charge is 0.166 e. The summed E-state index contributed by atoms with van der Waals surface area (Å²) >= 11 is 1.64. The van der Waals surface area contributed by atoms with E-state index in [0.717, 1.165) is 24.8 Å². The fourth-order valence-corrected chi connectivity index (χ4v) is 2.43. The van der Waals surface area contributed by atoms with Crippen LogP contribution in [0.15, 0.2) is 11.4 Å². The highest BCUT2D eigenvalue weighted by molar-refractivity contribution is 7.10. The van der Waals surface area contributed by atoms with E-state index in [0.29, 0.717) is 0 Å². The minimum absolute atomic E-state index is 0.118. The number of rotatable bonds is 6. The maximum absolute atomic E-state index is 12.0. The molecule has 0 saturated carbocycles. The van der Waals surface area contributed by atoms with Crippen molar-refractivity contribution >= 4 is 17.1 Å². The van der Waals surface area contributed by atoms with Crippen molar-refractivity contribution in [3.63, 3.8) is 0 Å². The van der Waals surface area contributed by atoms with Crippen LogP contribution >= 0.6 is 11.3 Å². The molecule has 1 heterocycles. The Labute approximate surface area is 102 Å². The Morgan fingerprint density at radius 2 is 2.12 bits per heavy atom. The van der Waals surface area contributed by atoms with Crippen LogP contribution < -0.4 is 5.73 Å². The lowest BCUT2D eigenvalue weighted by Gasteiger charge is -2.10. The Kier molecular flexibility index (Phi) is 5.16. The molecule has 0 aliphatic carbocycles. The van der Waals surface area contributed by atoms with Gasteiger partial charge in [-0.25, -0.2) is 0 Å². The van der Waals surface area contributed by atoms with Gasteiger partial charge in [-0.05, 0) is 32.8 Å². The van der Waals surface area contributed by atoms with E-state index in [2.05, 4.69) is 0 Å². The Bertz CT molecular complexity index is 343. The zero-order valence-electron chi connectivity index (χ0n) is 10.3. The minimum Gasteiger partial charge on any atom is -0.328 e. The van der Waals surface area contributed by atoms with E-state index in [4.69, 9.17) is 5.73 Å². The lowest BCUT2D eigenvalue weighted by Crippen LogP contribution is -2.16. The molecule has 2 nitrogen and oxygen atoms in total. The second-order valence-corrected chi connectivity index (χ2v) is 5.73. The average Bonchev–Trinajstić information content (AvgIpc) is 2.63. The molecule has 3 heteroatoms. The molecule has 0 fully saturated rings. The van der Waals surface area contributed by atoms with Crippen LogP contribution in [0.5, 0.6) is 0 Å². The molecule has 0 radical (unpaired) electrons. The molecule has 1 aromatic heterocycles. The third-order valence-corrected chi connectivity index (χ3v) is 3.62. The first-order chi connectivity index (χ1) is 7.50. The van der Waals surface area contributed by atoms with Crippen molar-refractivity contribution in [2.24, 2.45) is 11.7 Å². The van der Waals surface area contributed by atoms with Gasteiger partial charge in [-0.1, -0.05) is 13.3 Å². The maximum Gasteiger partial charge on any atom is 0.166 e. The van der Waals surface area contributed by atoms with Crippen LogP contribution in [0.1, 0.15) is 48.3 Å². The zero-order chi connectivity index (χ0) is 12.1. The monoisotopic (exact) mass is 239 g/mol. The van der Waals surface area contributed by atoms with E-state index < -0.39 is 0 Å². The van der Waals surface area contributed by atoms with Crippen molar-refractivity contribution in [1.29, 1.82) is 0 Å². The predicted molar refractivity (Wildman–Crippen MR) is 70.1 cm³/mol. The van der Waals surface area contributed by atoms with Crippen LogP contribution in [-0.4, -0.2) is 11.8 Å². The number of hydrogen-bond donors (Lipinski definition) is 1. The van der Waals surface area contributed by atoms with Crippen LogP contribution in [0.4, 0.5) is 0 Å². The quantitative estimate of drug-likeness (QED) is 0.773. The molecule has 2 N–H and O–H groups in total. The Morgan fingerprint density at radius 1 is 1.44 bits per heavy atom. The van der Waals surface area contributed by atoms with E-state index >= 15 is 0 Å². The summed E-state index contributed by atoms with van der Waals surface area (Å²) in [5, 5.41) is 1.96. The summed E-state index contributed by atoms with van der Waals surface area (Å²) in [6.07, 6.45) is 2.98. The Hall–Kier alpha value is -0.670. The van der Waals surface area contributed by atoms with Crippen LogP contribution in [0, 0.1) is 12.8 Å². The van der Waals surface area contributed by atoms with Gasteiger partial charge >= 0.3 is 0 Å². The summed E-state index contributed by atoms with van der Waals surface area (Å²) in [4.78, 5) is 13.2. The highest BCUT2D eigenvalue weighted by Crippen LogP contribution is 2.20. The van der Waals surface area contributed by atoms with Gasteiger partial charge in [0, 0.05) is 27.8 Å². The third kappa shape index (κ3) is 4.06. The molecule has 1 aromatic rings. The summed E-state index contributed by atoms with van der Waals surface area (Å²) in [6.45, 7) is 6.05. The van der Waals surface area contributed by atoms with Crippen molar-refractivity contribution in [2.75, 3.05) is 0 Å². The summed E-state index contributed by atoms with van der Waals surface area (Å²) in [6, 6.07) is 2.22. The van der Waals surface area contributed by atoms with Crippen molar-refractivity contribution in [3.8, 4) is 0 Å². The third-order valence-electron chi connectivity index (χ3n) is 2.76. The van der Waals surface area contributed by atoms with Gasteiger partial charge in [-0.3, -0.25) is 4.79 Å². The van der Waals surface area contributed by atoms with Gasteiger partial charge in [0.1, 0.15) is 0 Å². The van der Waals surface area contributed by atoms with Crippen molar-refractivity contribution in [2.45, 2.75) is 46.1 Å². The molecular weight excluding hydrogens is 218 g/mol. The molecule has 0 aliphatic rings. The Balaban J connectivity index is 2.42. The number of carbonyl (C=O) groups excluding carboxylic acids is 1. The largest absolute Gasteiger partial charge is 0.328 e. The van der Waals surface area contributed by atoms with E-state index in [1.165, 1.54) is 4.88 Å². The molecule has 0 spiro atoms. The first-order valence-electron chi connectivity index (χ1n) is 5.85. The summed E-state index contributed by atoms with van der Waals surface area (Å²) in [5.74, 6) is 0.391. The number of carbonyl (C=O) groups is 1. The SMILES string of the molecule is Cc1cc(C(=O)C(C)CCCC(C)N)cs1. The lowest BCUT2D eigenvalue weighted by molar-refractivity contribution is 0.0922. The first-order valence-corrected chi connectivity index (χ1v) is 6.73. The molecule has 0 bridgehead atoms. The zero-order valence-corrected chi connectivity index (χ0v) is 11.1. The van der Waals surface area contributed by atoms with E-state index in [9.17, 15) is 4.79 Å². The molecule has 1 rings (SSSR count). The van der Waals surface area contributed by atoms with Gasteiger partial charge in [0.2, 0.25) is 0 Å². The summed E-state index contributed by atoms with van der Waals surface area (Å²) < 4.78 is 0. The number of nitrogens with two attached hydrogens (primary N) is 1. The van der Waals surface area contributed by atoms with E-state index in [1.807, 2.05) is 32.2 Å². The van der Waals surface area contributed by atoms with Gasteiger partial charge < -0.3 is 5.73 Å². The maximum atomic E-state index is 12.0. The van der Waals surface area contributed by atoms with Crippen LogP contribution in [-0.2, 0) is 0 Å². The molecule has 2 unspecified atom stereocenters. The van der Waals surface area contributed by atoms with E-state index in [-0.39, 0.29) is 17.7 Å².